The zero-order valence-electron chi connectivity index (χ0n) is 11.6. The monoisotopic (exact) mass is 253 g/mol. The van der Waals surface area contributed by atoms with Crippen molar-refractivity contribution in [2.24, 2.45) is 0 Å². The van der Waals surface area contributed by atoms with Gasteiger partial charge < -0.3 is 14.5 Å². The molecule has 1 heterocycles. The van der Waals surface area contributed by atoms with E-state index in [0.29, 0.717) is 6.61 Å². The molecule has 0 aliphatic carbocycles. The van der Waals surface area contributed by atoms with Crippen LogP contribution in [0.1, 0.15) is 51.2 Å². The number of hydrogen-bond acceptors (Lipinski definition) is 3. The molecule has 0 saturated carbocycles. The molecule has 104 valence electrons. The first-order valence-electron chi connectivity index (χ1n) is 7.24. The summed E-state index contributed by atoms with van der Waals surface area (Å²) >= 11 is 0. The molecule has 0 aliphatic rings. The van der Waals surface area contributed by atoms with E-state index in [0.717, 1.165) is 31.9 Å². The highest BCUT2D eigenvalue weighted by molar-refractivity contribution is 4.95. The van der Waals surface area contributed by atoms with Crippen LogP contribution in [0.3, 0.4) is 0 Å². The van der Waals surface area contributed by atoms with E-state index in [-0.39, 0.29) is 0 Å². The zero-order valence-corrected chi connectivity index (χ0v) is 11.6. The SMILES string of the molecule is CCCCCCCNCCCOCc1ccco1. The summed E-state index contributed by atoms with van der Waals surface area (Å²) in [6.07, 6.45) is 9.48. The Balaban J connectivity index is 1.73. The van der Waals surface area contributed by atoms with Crippen molar-refractivity contribution >= 4 is 0 Å². The third-order valence-electron chi connectivity index (χ3n) is 2.92. The van der Waals surface area contributed by atoms with Crippen molar-refractivity contribution in [3.63, 3.8) is 0 Å². The van der Waals surface area contributed by atoms with Gasteiger partial charge in [0, 0.05) is 6.61 Å². The Morgan fingerprint density at radius 3 is 2.72 bits per heavy atom. The van der Waals surface area contributed by atoms with Crippen molar-refractivity contribution in [1.82, 2.24) is 5.32 Å². The normalized spacial score (nSPS) is 10.9. The predicted octanol–water partition coefficient (Wildman–Crippen LogP) is 3.75. The molecule has 3 nitrogen and oxygen atoms in total. The van der Waals surface area contributed by atoms with Crippen LogP contribution in [-0.2, 0) is 11.3 Å². The Kier molecular flexibility index (Phi) is 9.58. The van der Waals surface area contributed by atoms with Gasteiger partial charge in [-0.25, -0.2) is 0 Å². The average Bonchev–Trinajstić information content (AvgIpc) is 2.89. The first-order valence-corrected chi connectivity index (χ1v) is 7.24. The quantitative estimate of drug-likeness (QED) is 0.576. The molecular formula is C15H27NO2. The molecule has 1 aromatic rings. The first-order chi connectivity index (χ1) is 8.93. The minimum absolute atomic E-state index is 0.587. The molecule has 0 unspecified atom stereocenters. The van der Waals surface area contributed by atoms with Gasteiger partial charge in [-0.1, -0.05) is 32.6 Å². The van der Waals surface area contributed by atoms with Gasteiger partial charge in [-0.05, 0) is 38.1 Å². The van der Waals surface area contributed by atoms with Gasteiger partial charge in [-0.15, -0.1) is 0 Å². The van der Waals surface area contributed by atoms with E-state index in [1.807, 2.05) is 12.1 Å². The second kappa shape index (κ2) is 11.3. The third-order valence-corrected chi connectivity index (χ3v) is 2.92. The van der Waals surface area contributed by atoms with Gasteiger partial charge in [-0.2, -0.15) is 0 Å². The maximum atomic E-state index is 5.50. The molecule has 1 aromatic heterocycles. The van der Waals surface area contributed by atoms with Crippen LogP contribution in [0.2, 0.25) is 0 Å². The number of ether oxygens (including phenoxy) is 1. The Morgan fingerprint density at radius 2 is 1.94 bits per heavy atom. The second-order valence-electron chi connectivity index (χ2n) is 4.65. The van der Waals surface area contributed by atoms with Crippen molar-refractivity contribution in [2.45, 2.75) is 52.1 Å². The molecule has 18 heavy (non-hydrogen) atoms. The summed E-state index contributed by atoms with van der Waals surface area (Å²) in [6, 6.07) is 3.83. The Hall–Kier alpha value is -0.800. The Labute approximate surface area is 111 Å². The molecule has 0 radical (unpaired) electrons. The lowest BCUT2D eigenvalue weighted by atomic mass is 10.1. The van der Waals surface area contributed by atoms with Crippen LogP contribution in [0.25, 0.3) is 0 Å². The molecule has 0 saturated heterocycles. The summed E-state index contributed by atoms with van der Waals surface area (Å²) in [5, 5.41) is 3.45. The van der Waals surface area contributed by atoms with Crippen molar-refractivity contribution in [3.05, 3.63) is 24.2 Å². The molecule has 1 rings (SSSR count). The molecule has 3 heteroatoms. The van der Waals surface area contributed by atoms with Crippen LogP contribution in [0, 0.1) is 0 Å². The Morgan fingerprint density at radius 1 is 1.11 bits per heavy atom. The summed E-state index contributed by atoms with van der Waals surface area (Å²) in [4.78, 5) is 0. The minimum Gasteiger partial charge on any atom is -0.467 e. The molecular weight excluding hydrogens is 226 g/mol. The maximum absolute atomic E-state index is 5.50. The number of hydrogen-bond donors (Lipinski definition) is 1. The van der Waals surface area contributed by atoms with Crippen LogP contribution in [0.15, 0.2) is 22.8 Å². The van der Waals surface area contributed by atoms with Crippen LogP contribution < -0.4 is 5.32 Å². The predicted molar refractivity (Wildman–Crippen MR) is 74.6 cm³/mol. The van der Waals surface area contributed by atoms with Gasteiger partial charge in [-0.3, -0.25) is 0 Å². The lowest BCUT2D eigenvalue weighted by Crippen LogP contribution is -2.18. The van der Waals surface area contributed by atoms with Crippen molar-refractivity contribution in [1.29, 1.82) is 0 Å². The van der Waals surface area contributed by atoms with Crippen LogP contribution >= 0.6 is 0 Å². The smallest absolute Gasteiger partial charge is 0.129 e. The summed E-state index contributed by atoms with van der Waals surface area (Å²) in [5.74, 6) is 0.902. The van der Waals surface area contributed by atoms with E-state index < -0.39 is 0 Å². The van der Waals surface area contributed by atoms with Gasteiger partial charge in [0.1, 0.15) is 12.4 Å². The van der Waals surface area contributed by atoms with Crippen LogP contribution in [0.5, 0.6) is 0 Å². The number of unbranched alkanes of at least 4 members (excludes halogenated alkanes) is 4. The minimum atomic E-state index is 0.587. The van der Waals surface area contributed by atoms with Gasteiger partial charge in [0.15, 0.2) is 0 Å². The van der Waals surface area contributed by atoms with Crippen molar-refractivity contribution in [3.8, 4) is 0 Å². The second-order valence-corrected chi connectivity index (χ2v) is 4.65. The first kappa shape index (κ1) is 15.3. The van der Waals surface area contributed by atoms with Gasteiger partial charge in [0.05, 0.1) is 6.26 Å². The van der Waals surface area contributed by atoms with E-state index >= 15 is 0 Å². The molecule has 0 aliphatic heterocycles. The molecule has 1 N–H and O–H groups in total. The topological polar surface area (TPSA) is 34.4 Å². The summed E-state index contributed by atoms with van der Waals surface area (Å²) in [7, 11) is 0. The molecule has 0 bridgehead atoms. The van der Waals surface area contributed by atoms with Crippen LogP contribution in [-0.4, -0.2) is 19.7 Å². The fourth-order valence-corrected chi connectivity index (χ4v) is 1.85. The number of rotatable bonds is 12. The fraction of sp³-hybridized carbons (Fsp3) is 0.733. The van der Waals surface area contributed by atoms with E-state index in [9.17, 15) is 0 Å². The van der Waals surface area contributed by atoms with E-state index in [4.69, 9.17) is 9.15 Å². The molecule has 0 atom stereocenters. The van der Waals surface area contributed by atoms with Gasteiger partial charge in [0.2, 0.25) is 0 Å². The van der Waals surface area contributed by atoms with E-state index in [1.165, 1.54) is 32.1 Å². The maximum Gasteiger partial charge on any atom is 0.129 e. The highest BCUT2D eigenvalue weighted by Crippen LogP contribution is 2.02. The molecule has 0 amide bonds. The lowest BCUT2D eigenvalue weighted by Gasteiger charge is -2.05. The molecule has 0 fully saturated rings. The highest BCUT2D eigenvalue weighted by Gasteiger charge is 1.95. The average molecular weight is 253 g/mol. The summed E-state index contributed by atoms with van der Waals surface area (Å²) < 4.78 is 10.7. The van der Waals surface area contributed by atoms with Crippen molar-refractivity contribution in [2.75, 3.05) is 19.7 Å². The third kappa shape index (κ3) is 8.31. The van der Waals surface area contributed by atoms with Gasteiger partial charge in [0.25, 0.3) is 0 Å². The number of nitrogens with one attached hydrogen (secondary N) is 1. The summed E-state index contributed by atoms with van der Waals surface area (Å²) in [5.41, 5.74) is 0. The fourth-order valence-electron chi connectivity index (χ4n) is 1.85. The summed E-state index contributed by atoms with van der Waals surface area (Å²) in [6.45, 7) is 5.82. The van der Waals surface area contributed by atoms with Crippen molar-refractivity contribution < 1.29 is 9.15 Å². The van der Waals surface area contributed by atoms with E-state index in [2.05, 4.69) is 12.2 Å². The van der Waals surface area contributed by atoms with Crippen LogP contribution in [0.4, 0.5) is 0 Å². The largest absolute Gasteiger partial charge is 0.467 e. The zero-order chi connectivity index (χ0) is 12.9. The Bertz CT molecular complexity index is 259. The molecule has 0 aromatic carbocycles. The lowest BCUT2D eigenvalue weighted by molar-refractivity contribution is 0.104. The standard InChI is InChI=1S/C15H27NO2/c1-2-3-4-5-6-10-16-11-8-12-17-14-15-9-7-13-18-15/h7,9,13,16H,2-6,8,10-12,14H2,1H3. The molecule has 0 spiro atoms. The van der Waals surface area contributed by atoms with E-state index in [1.54, 1.807) is 6.26 Å². The van der Waals surface area contributed by atoms with Gasteiger partial charge >= 0.3 is 0 Å². The highest BCUT2D eigenvalue weighted by atomic mass is 16.5. The number of furan rings is 1.